The van der Waals surface area contributed by atoms with Gasteiger partial charge in [0.1, 0.15) is 11.6 Å². The van der Waals surface area contributed by atoms with Crippen molar-refractivity contribution in [1.82, 2.24) is 4.98 Å². The number of methoxy groups -OCH3 is 1. The number of ether oxygens (including phenoxy) is 1. The number of nitrogens with zero attached hydrogens (tertiary/aromatic N) is 2. The van der Waals surface area contributed by atoms with Crippen LogP contribution in [0.3, 0.4) is 0 Å². The Morgan fingerprint density at radius 2 is 2.00 bits per heavy atom. The molecule has 0 spiro atoms. The maximum Gasteiger partial charge on any atom is 0.134 e. The van der Waals surface area contributed by atoms with Crippen molar-refractivity contribution in [2.75, 3.05) is 13.7 Å². The Kier molecular flexibility index (Phi) is 4.48. The number of pyridine rings is 1. The van der Waals surface area contributed by atoms with E-state index in [-0.39, 0.29) is 5.82 Å². The number of aliphatic imine (C=N–C) groups is 1. The molecule has 0 radical (unpaired) electrons. The molecule has 0 saturated carbocycles. The summed E-state index contributed by atoms with van der Waals surface area (Å²) in [5.41, 5.74) is 3.50. The molecule has 0 unspecified atom stereocenters. The summed E-state index contributed by atoms with van der Waals surface area (Å²) in [6.07, 6.45) is 7.44. The molecule has 3 aromatic rings. The average Bonchev–Trinajstić information content (AvgIpc) is 2.69. The minimum absolute atomic E-state index is 0.294. The molecule has 0 bridgehead atoms. The lowest BCUT2D eigenvalue weighted by Crippen LogP contribution is -2.12. The van der Waals surface area contributed by atoms with Crippen LogP contribution < -0.4 is 4.74 Å². The van der Waals surface area contributed by atoms with Crippen LogP contribution in [0.1, 0.15) is 24.0 Å². The van der Waals surface area contributed by atoms with E-state index in [2.05, 4.69) is 11.1 Å². The molecule has 0 saturated heterocycles. The van der Waals surface area contributed by atoms with Crippen LogP contribution in [-0.4, -0.2) is 24.4 Å². The molecule has 0 N–H and O–H groups in total. The van der Waals surface area contributed by atoms with Gasteiger partial charge in [-0.05, 0) is 42.0 Å². The summed E-state index contributed by atoms with van der Waals surface area (Å²) < 4.78 is 19.5. The van der Waals surface area contributed by atoms with Gasteiger partial charge < -0.3 is 4.74 Å². The van der Waals surface area contributed by atoms with E-state index in [9.17, 15) is 4.39 Å². The molecule has 0 fully saturated rings. The zero-order valence-corrected chi connectivity index (χ0v) is 14.6. The first-order valence-electron chi connectivity index (χ1n) is 8.68. The molecule has 0 aliphatic carbocycles. The lowest BCUT2D eigenvalue weighted by Gasteiger charge is -2.18. The first-order chi connectivity index (χ1) is 12.8. The number of hydrogen-bond donors (Lipinski definition) is 0. The van der Waals surface area contributed by atoms with Crippen LogP contribution >= 0.6 is 0 Å². The number of allylic oxidation sites excluding steroid dienone is 1. The third kappa shape index (κ3) is 3.10. The quantitative estimate of drug-likeness (QED) is 0.665. The fourth-order valence-corrected chi connectivity index (χ4v) is 3.32. The summed E-state index contributed by atoms with van der Waals surface area (Å²) in [7, 11) is 1.53. The molecule has 3 nitrogen and oxygen atoms in total. The molecule has 1 aliphatic rings. The summed E-state index contributed by atoms with van der Waals surface area (Å²) in [6, 6.07) is 13.1. The minimum atomic E-state index is -0.294. The lowest BCUT2D eigenvalue weighted by molar-refractivity contribution is 0.411. The van der Waals surface area contributed by atoms with E-state index >= 15 is 0 Å². The molecular weight excluding hydrogens is 327 g/mol. The highest BCUT2D eigenvalue weighted by Gasteiger charge is 2.17. The van der Waals surface area contributed by atoms with Crippen molar-refractivity contribution in [1.29, 1.82) is 0 Å². The fourth-order valence-electron chi connectivity index (χ4n) is 3.32. The Labute approximate surface area is 151 Å². The minimum Gasteiger partial charge on any atom is -0.497 e. The Balaban J connectivity index is 1.81. The van der Waals surface area contributed by atoms with Crippen molar-refractivity contribution < 1.29 is 9.13 Å². The second-order valence-electron chi connectivity index (χ2n) is 6.30. The molecule has 130 valence electrons. The highest BCUT2D eigenvalue weighted by molar-refractivity contribution is 6.20. The molecule has 4 heteroatoms. The number of hydrogen-bond acceptors (Lipinski definition) is 3. The standard InChI is InChI=1S/C22H19FN2O/c1-26-18-9-8-15(21(23)12-18)11-16-6-4-10-25-22(16)20-14-24-13-17-5-2-3-7-19(17)20/h2-3,5,7-9,11-14H,4,6,10H2,1H3. The van der Waals surface area contributed by atoms with Gasteiger partial charge in [-0.2, -0.15) is 0 Å². The van der Waals surface area contributed by atoms with Crippen molar-refractivity contribution in [2.45, 2.75) is 12.8 Å². The van der Waals surface area contributed by atoms with Gasteiger partial charge in [-0.3, -0.25) is 9.98 Å². The van der Waals surface area contributed by atoms with Crippen molar-refractivity contribution in [2.24, 2.45) is 4.99 Å². The zero-order valence-electron chi connectivity index (χ0n) is 14.6. The number of rotatable bonds is 3. The summed E-state index contributed by atoms with van der Waals surface area (Å²) >= 11 is 0. The van der Waals surface area contributed by atoms with Crippen LogP contribution in [0.5, 0.6) is 5.75 Å². The van der Waals surface area contributed by atoms with Crippen molar-refractivity contribution in [3.05, 3.63) is 77.4 Å². The van der Waals surface area contributed by atoms with Crippen molar-refractivity contribution >= 4 is 22.6 Å². The molecule has 2 heterocycles. The maximum absolute atomic E-state index is 14.4. The highest BCUT2D eigenvalue weighted by Crippen LogP contribution is 2.27. The van der Waals surface area contributed by atoms with Gasteiger partial charge in [-0.15, -0.1) is 0 Å². The van der Waals surface area contributed by atoms with E-state index in [1.165, 1.54) is 13.2 Å². The molecule has 26 heavy (non-hydrogen) atoms. The maximum atomic E-state index is 14.4. The van der Waals surface area contributed by atoms with Gasteiger partial charge in [0.25, 0.3) is 0 Å². The van der Waals surface area contributed by atoms with Crippen LogP contribution in [-0.2, 0) is 0 Å². The van der Waals surface area contributed by atoms with Gasteiger partial charge in [0.2, 0.25) is 0 Å². The van der Waals surface area contributed by atoms with Crippen LogP contribution in [0, 0.1) is 5.82 Å². The Morgan fingerprint density at radius 3 is 2.85 bits per heavy atom. The van der Waals surface area contributed by atoms with E-state index < -0.39 is 0 Å². The molecule has 0 atom stereocenters. The summed E-state index contributed by atoms with van der Waals surface area (Å²) in [5, 5.41) is 2.19. The first kappa shape index (κ1) is 16.5. The van der Waals surface area contributed by atoms with Crippen molar-refractivity contribution in [3.63, 3.8) is 0 Å². The molecule has 2 aromatic carbocycles. The number of benzene rings is 2. The van der Waals surface area contributed by atoms with Crippen LogP contribution in [0.4, 0.5) is 4.39 Å². The van der Waals surface area contributed by atoms with E-state index in [1.54, 1.807) is 12.1 Å². The van der Waals surface area contributed by atoms with Gasteiger partial charge >= 0.3 is 0 Å². The first-order valence-corrected chi connectivity index (χ1v) is 8.68. The topological polar surface area (TPSA) is 34.5 Å². The molecule has 1 aromatic heterocycles. The zero-order chi connectivity index (χ0) is 17.9. The third-order valence-corrected chi connectivity index (χ3v) is 4.64. The second-order valence-corrected chi connectivity index (χ2v) is 6.30. The van der Waals surface area contributed by atoms with Gasteiger partial charge in [0.05, 0.1) is 12.8 Å². The predicted octanol–water partition coefficient (Wildman–Crippen LogP) is 5.05. The highest BCUT2D eigenvalue weighted by atomic mass is 19.1. The van der Waals surface area contributed by atoms with E-state index in [1.807, 2.05) is 36.7 Å². The summed E-state index contributed by atoms with van der Waals surface area (Å²) in [4.78, 5) is 9.12. The molecule has 4 rings (SSSR count). The van der Waals surface area contributed by atoms with Crippen molar-refractivity contribution in [3.8, 4) is 5.75 Å². The van der Waals surface area contributed by atoms with E-state index in [4.69, 9.17) is 9.73 Å². The van der Waals surface area contributed by atoms with Crippen LogP contribution in [0.25, 0.3) is 16.8 Å². The fraction of sp³-hybridized carbons (Fsp3) is 0.182. The third-order valence-electron chi connectivity index (χ3n) is 4.64. The Bertz CT molecular complexity index is 1020. The van der Waals surface area contributed by atoms with Gasteiger partial charge in [-0.25, -0.2) is 4.39 Å². The smallest absolute Gasteiger partial charge is 0.134 e. The summed E-state index contributed by atoms with van der Waals surface area (Å²) in [6.45, 7) is 0.779. The number of fused-ring (bicyclic) bond motifs is 1. The second kappa shape index (κ2) is 7.08. The van der Waals surface area contributed by atoms with Gasteiger partial charge in [0.15, 0.2) is 0 Å². The number of halogens is 1. The Hall–Kier alpha value is -3.01. The molecule has 0 amide bonds. The van der Waals surface area contributed by atoms with Crippen LogP contribution in [0.15, 0.2) is 65.4 Å². The normalized spacial score (nSPS) is 15.9. The SMILES string of the molecule is COc1ccc(C=C2CCCN=C2c2cncc3ccccc23)c(F)c1. The van der Waals surface area contributed by atoms with Gasteiger partial charge in [0, 0.05) is 41.5 Å². The molecular formula is C22H19FN2O. The van der Waals surface area contributed by atoms with E-state index in [0.717, 1.165) is 47.0 Å². The number of aromatic nitrogens is 1. The Morgan fingerprint density at radius 1 is 1.12 bits per heavy atom. The lowest BCUT2D eigenvalue weighted by atomic mass is 9.92. The predicted molar refractivity (Wildman–Crippen MR) is 103 cm³/mol. The monoisotopic (exact) mass is 346 g/mol. The molecule has 1 aliphatic heterocycles. The largest absolute Gasteiger partial charge is 0.497 e. The summed E-state index contributed by atoms with van der Waals surface area (Å²) in [5.74, 6) is 0.221. The average molecular weight is 346 g/mol. The van der Waals surface area contributed by atoms with Gasteiger partial charge in [-0.1, -0.05) is 24.3 Å². The van der Waals surface area contributed by atoms with Crippen LogP contribution in [0.2, 0.25) is 0 Å². The van der Waals surface area contributed by atoms with E-state index in [0.29, 0.717) is 11.3 Å².